The number of carbonyl (C=O) groups excluding carboxylic acids is 3. The quantitative estimate of drug-likeness (QED) is 0.111. The van der Waals surface area contributed by atoms with Gasteiger partial charge in [0.05, 0.1) is 47.5 Å². The third kappa shape index (κ3) is 3.73. The number of anilines is 1. The lowest BCUT2D eigenvalue weighted by Crippen LogP contribution is -2.30. The highest BCUT2D eigenvalue weighted by atomic mass is 35.5. The van der Waals surface area contributed by atoms with Crippen LogP contribution in [0.2, 0.25) is 30.1 Å². The monoisotopic (exact) mass is 547 g/mol. The number of fused-ring (bicyclic) bond motifs is 1. The molecule has 0 spiro atoms. The predicted molar refractivity (Wildman–Crippen MR) is 125 cm³/mol. The summed E-state index contributed by atoms with van der Waals surface area (Å²) in [6, 6.07) is 10.2. The van der Waals surface area contributed by atoms with E-state index in [1.165, 1.54) is 30.3 Å². The first-order chi connectivity index (χ1) is 15.1. The van der Waals surface area contributed by atoms with Crippen LogP contribution in [-0.2, 0) is 0 Å². The molecule has 3 aromatic rings. The first kappa shape index (κ1) is 23.2. The highest BCUT2D eigenvalue weighted by molar-refractivity contribution is 6.56. The minimum absolute atomic E-state index is 0.0171. The van der Waals surface area contributed by atoms with Crippen LogP contribution in [0.1, 0.15) is 31.1 Å². The van der Waals surface area contributed by atoms with Crippen LogP contribution in [0.25, 0.3) is 0 Å². The number of hydrogen-bond donors (Lipinski definition) is 0. The summed E-state index contributed by atoms with van der Waals surface area (Å²) in [6.07, 6.45) is 0. The number of ether oxygens (including phenoxy) is 1. The Labute approximate surface area is 211 Å². The molecule has 0 bridgehead atoms. The lowest BCUT2D eigenvalue weighted by atomic mass is 10.1. The molecule has 4 rings (SSSR count). The number of rotatable bonds is 3. The van der Waals surface area contributed by atoms with Crippen LogP contribution in [0.3, 0.4) is 0 Å². The van der Waals surface area contributed by atoms with Crippen molar-refractivity contribution in [1.82, 2.24) is 0 Å². The fourth-order valence-electron chi connectivity index (χ4n) is 3.11. The number of para-hydroxylation sites is 2. The molecule has 1 aliphatic rings. The maximum absolute atomic E-state index is 13.1. The smallest absolute Gasteiger partial charge is 0.345 e. The molecule has 1 aliphatic heterocycles. The number of esters is 1. The molecular weight excluding hydrogens is 543 g/mol. The van der Waals surface area contributed by atoms with E-state index in [9.17, 15) is 14.4 Å². The fourth-order valence-corrected chi connectivity index (χ4v) is 4.61. The van der Waals surface area contributed by atoms with Crippen LogP contribution in [0.15, 0.2) is 42.5 Å². The van der Waals surface area contributed by atoms with E-state index in [-0.39, 0.29) is 53.2 Å². The second-order valence-corrected chi connectivity index (χ2v) is 8.79. The summed E-state index contributed by atoms with van der Waals surface area (Å²) in [4.78, 5) is 39.7. The van der Waals surface area contributed by atoms with Crippen LogP contribution in [0.4, 0.5) is 5.69 Å². The maximum Gasteiger partial charge on any atom is 0.345 e. The van der Waals surface area contributed by atoms with Crippen molar-refractivity contribution in [2.24, 2.45) is 0 Å². The topological polar surface area (TPSA) is 63.7 Å². The van der Waals surface area contributed by atoms with E-state index in [2.05, 4.69) is 0 Å². The van der Waals surface area contributed by atoms with Crippen molar-refractivity contribution < 1.29 is 19.1 Å². The van der Waals surface area contributed by atoms with Gasteiger partial charge in [-0.05, 0) is 30.3 Å². The Morgan fingerprint density at radius 1 is 0.750 bits per heavy atom. The molecule has 162 valence electrons. The largest absolute Gasteiger partial charge is 0.421 e. The molecule has 2 amide bonds. The van der Waals surface area contributed by atoms with Gasteiger partial charge in [0, 0.05) is 5.02 Å². The second-order valence-electron chi connectivity index (χ2n) is 6.43. The Hall–Kier alpha value is -1.99. The summed E-state index contributed by atoms with van der Waals surface area (Å²) in [5.74, 6) is -2.51. The molecule has 0 N–H and O–H groups in total. The molecule has 0 fully saturated rings. The summed E-state index contributed by atoms with van der Waals surface area (Å²) < 4.78 is 5.44. The van der Waals surface area contributed by atoms with E-state index in [1.54, 1.807) is 12.1 Å². The second kappa shape index (κ2) is 8.75. The van der Waals surface area contributed by atoms with Gasteiger partial charge in [0.1, 0.15) is 0 Å². The van der Waals surface area contributed by atoms with E-state index < -0.39 is 17.8 Å². The molecule has 0 unspecified atom stereocenters. The van der Waals surface area contributed by atoms with Crippen molar-refractivity contribution in [3.8, 4) is 5.75 Å². The highest BCUT2D eigenvalue weighted by Crippen LogP contribution is 2.46. The number of amides is 2. The first-order valence-corrected chi connectivity index (χ1v) is 10.9. The zero-order valence-corrected chi connectivity index (χ0v) is 19.9. The first-order valence-electron chi connectivity index (χ1n) is 8.64. The Balaban J connectivity index is 1.77. The molecule has 0 aliphatic carbocycles. The highest BCUT2D eigenvalue weighted by Gasteiger charge is 2.43. The Bertz CT molecular complexity index is 1290. The number of nitrogens with zero attached hydrogens (tertiary/aromatic N) is 1. The molecule has 32 heavy (non-hydrogen) atoms. The summed E-state index contributed by atoms with van der Waals surface area (Å²) >= 11 is 36.4. The molecule has 0 saturated carbocycles. The van der Waals surface area contributed by atoms with Gasteiger partial charge in [-0.3, -0.25) is 9.59 Å². The normalized spacial score (nSPS) is 12.9. The summed E-state index contributed by atoms with van der Waals surface area (Å²) in [5, 5.41) is -0.319. The average molecular weight is 550 g/mol. The molecule has 0 aromatic heterocycles. The van der Waals surface area contributed by atoms with Gasteiger partial charge in [-0.25, -0.2) is 9.69 Å². The van der Waals surface area contributed by atoms with Crippen LogP contribution in [0.5, 0.6) is 5.75 Å². The van der Waals surface area contributed by atoms with Gasteiger partial charge in [-0.15, -0.1) is 0 Å². The molecule has 1 heterocycles. The van der Waals surface area contributed by atoms with E-state index >= 15 is 0 Å². The van der Waals surface area contributed by atoms with Gasteiger partial charge in [0.2, 0.25) is 0 Å². The van der Waals surface area contributed by atoms with Crippen molar-refractivity contribution in [2.45, 2.75) is 0 Å². The van der Waals surface area contributed by atoms with Gasteiger partial charge < -0.3 is 4.74 Å². The Morgan fingerprint density at radius 3 is 1.88 bits per heavy atom. The van der Waals surface area contributed by atoms with Crippen molar-refractivity contribution in [3.05, 3.63) is 89.3 Å². The lowest BCUT2D eigenvalue weighted by molar-refractivity contribution is 0.0731. The summed E-state index contributed by atoms with van der Waals surface area (Å²) in [5.41, 5.74) is -0.370. The Morgan fingerprint density at radius 2 is 1.31 bits per heavy atom. The summed E-state index contributed by atoms with van der Waals surface area (Å²) in [7, 11) is 0. The lowest BCUT2D eigenvalue weighted by Gasteiger charge is -2.18. The summed E-state index contributed by atoms with van der Waals surface area (Å²) in [6.45, 7) is 0. The molecule has 0 radical (unpaired) electrons. The number of halogens is 6. The molecular formula is C21H7Cl6NO4. The zero-order chi connectivity index (χ0) is 23.3. The third-order valence-electron chi connectivity index (χ3n) is 4.56. The van der Waals surface area contributed by atoms with E-state index in [0.717, 1.165) is 4.90 Å². The maximum atomic E-state index is 13.1. The number of hydrogen-bond acceptors (Lipinski definition) is 4. The van der Waals surface area contributed by atoms with Crippen LogP contribution < -0.4 is 9.64 Å². The molecule has 0 atom stereocenters. The zero-order valence-electron chi connectivity index (χ0n) is 15.4. The van der Waals surface area contributed by atoms with Crippen LogP contribution in [0, 0.1) is 0 Å². The number of imide groups is 1. The van der Waals surface area contributed by atoms with E-state index in [1.807, 2.05) is 0 Å². The van der Waals surface area contributed by atoms with Crippen molar-refractivity contribution >= 4 is 93.1 Å². The van der Waals surface area contributed by atoms with E-state index in [4.69, 9.17) is 74.3 Å². The van der Waals surface area contributed by atoms with Crippen molar-refractivity contribution in [2.75, 3.05) is 4.90 Å². The third-order valence-corrected chi connectivity index (χ3v) is 6.91. The number of benzene rings is 3. The van der Waals surface area contributed by atoms with Crippen molar-refractivity contribution in [1.29, 1.82) is 0 Å². The fraction of sp³-hybridized carbons (Fsp3) is 0. The molecule has 5 nitrogen and oxygen atoms in total. The minimum Gasteiger partial charge on any atom is -0.421 e. The van der Waals surface area contributed by atoms with Gasteiger partial charge in [-0.1, -0.05) is 81.7 Å². The van der Waals surface area contributed by atoms with Crippen LogP contribution >= 0.6 is 69.6 Å². The van der Waals surface area contributed by atoms with E-state index in [0.29, 0.717) is 5.02 Å². The van der Waals surface area contributed by atoms with Gasteiger partial charge in [0.25, 0.3) is 11.8 Å². The predicted octanol–water partition coefficient (Wildman–Crippen LogP) is 7.63. The average Bonchev–Trinajstić information content (AvgIpc) is 3.01. The molecule has 0 saturated heterocycles. The minimum atomic E-state index is -0.821. The Kier molecular flexibility index (Phi) is 6.34. The number of carbonyl (C=O) groups is 3. The van der Waals surface area contributed by atoms with Gasteiger partial charge in [0.15, 0.2) is 5.75 Å². The standard InChI is InChI=1S/C21H7Cl6NO4/c22-8-5-6-9(10(23)7-8)21(31)32-12-4-2-1-3-11(12)28-19(29)13-14(20(28)30)16(25)18(27)17(26)15(13)24/h1-7H. The van der Waals surface area contributed by atoms with Crippen LogP contribution in [-0.4, -0.2) is 17.8 Å². The van der Waals surface area contributed by atoms with Crippen molar-refractivity contribution in [3.63, 3.8) is 0 Å². The molecule has 3 aromatic carbocycles. The molecule has 11 heteroatoms. The SMILES string of the molecule is O=C(Oc1ccccc1N1C(=O)c2c(Cl)c(Cl)c(Cl)c(Cl)c2C1=O)c1ccc(Cl)cc1Cl. The van der Waals surface area contributed by atoms with Gasteiger partial charge in [-0.2, -0.15) is 0 Å². The van der Waals surface area contributed by atoms with Gasteiger partial charge >= 0.3 is 5.97 Å².